The number of amides is 1. The predicted octanol–water partition coefficient (Wildman–Crippen LogP) is 0.198. The minimum atomic E-state index is -0.850. The lowest BCUT2D eigenvalue weighted by atomic mass is 9.98. The summed E-state index contributed by atoms with van der Waals surface area (Å²) in [6.07, 6.45) is 2.63. The van der Waals surface area contributed by atoms with Crippen LogP contribution in [0.4, 0.5) is 0 Å². The quantitative estimate of drug-likeness (QED) is 0.747. The van der Waals surface area contributed by atoms with Gasteiger partial charge in [-0.25, -0.2) is 0 Å². The van der Waals surface area contributed by atoms with Gasteiger partial charge in [-0.05, 0) is 12.8 Å². The Morgan fingerprint density at radius 3 is 2.88 bits per heavy atom. The first-order valence-corrected chi connectivity index (χ1v) is 5.65. The molecule has 0 aromatic carbocycles. The summed E-state index contributed by atoms with van der Waals surface area (Å²) < 4.78 is 10.2. The van der Waals surface area contributed by atoms with Crippen molar-refractivity contribution in [3.63, 3.8) is 0 Å². The van der Waals surface area contributed by atoms with Crippen LogP contribution in [0.5, 0.6) is 0 Å². The molecule has 17 heavy (non-hydrogen) atoms. The van der Waals surface area contributed by atoms with Crippen LogP contribution in [0.3, 0.4) is 0 Å². The molecule has 1 amide bonds. The van der Waals surface area contributed by atoms with E-state index in [4.69, 9.17) is 14.6 Å². The fourth-order valence-electron chi connectivity index (χ4n) is 2.00. The summed E-state index contributed by atoms with van der Waals surface area (Å²) in [5, 5.41) is 8.94. The molecular formula is C11H15NO5. The van der Waals surface area contributed by atoms with Crippen LogP contribution in [0, 0.1) is 5.92 Å². The van der Waals surface area contributed by atoms with Gasteiger partial charge in [-0.3, -0.25) is 9.59 Å². The molecule has 0 aliphatic carbocycles. The molecule has 2 rings (SSSR count). The van der Waals surface area contributed by atoms with E-state index in [1.807, 2.05) is 0 Å². The zero-order valence-electron chi connectivity index (χ0n) is 9.42. The number of aliphatic carboxylic acids is 1. The van der Waals surface area contributed by atoms with Crippen LogP contribution in [0.15, 0.2) is 12.0 Å². The van der Waals surface area contributed by atoms with Crippen molar-refractivity contribution in [1.29, 1.82) is 0 Å². The number of carbonyl (C=O) groups excluding carboxylic acids is 1. The fourth-order valence-corrected chi connectivity index (χ4v) is 2.00. The van der Waals surface area contributed by atoms with E-state index in [9.17, 15) is 9.59 Å². The Hall–Kier alpha value is -1.72. The Bertz CT molecular complexity index is 352. The normalized spacial score (nSPS) is 24.4. The number of ether oxygens (including phenoxy) is 2. The SMILES string of the molecule is O=C(O)[C@H]1CCCN(C(=O)C2=COCCO2)C1. The molecule has 0 saturated carbocycles. The summed E-state index contributed by atoms with van der Waals surface area (Å²) in [6, 6.07) is 0. The molecule has 2 aliphatic heterocycles. The Morgan fingerprint density at radius 1 is 1.41 bits per heavy atom. The van der Waals surface area contributed by atoms with Crippen LogP contribution in [0.2, 0.25) is 0 Å². The summed E-state index contributed by atoms with van der Waals surface area (Å²) in [7, 11) is 0. The molecule has 1 atom stereocenters. The van der Waals surface area contributed by atoms with Crippen molar-refractivity contribution >= 4 is 11.9 Å². The smallest absolute Gasteiger partial charge is 0.308 e. The maximum absolute atomic E-state index is 12.0. The topological polar surface area (TPSA) is 76.1 Å². The third-order valence-electron chi connectivity index (χ3n) is 2.92. The van der Waals surface area contributed by atoms with Crippen molar-refractivity contribution in [3.8, 4) is 0 Å². The summed E-state index contributed by atoms with van der Waals surface area (Å²) in [5.41, 5.74) is 0. The van der Waals surface area contributed by atoms with Crippen molar-refractivity contribution in [2.75, 3.05) is 26.3 Å². The van der Waals surface area contributed by atoms with Gasteiger partial charge in [0.15, 0.2) is 0 Å². The van der Waals surface area contributed by atoms with E-state index in [1.165, 1.54) is 11.2 Å². The zero-order chi connectivity index (χ0) is 12.3. The summed E-state index contributed by atoms with van der Waals surface area (Å²) in [4.78, 5) is 24.4. The van der Waals surface area contributed by atoms with Crippen molar-refractivity contribution in [3.05, 3.63) is 12.0 Å². The average Bonchev–Trinajstić information content (AvgIpc) is 2.39. The number of piperidine rings is 1. The molecule has 1 fully saturated rings. The van der Waals surface area contributed by atoms with Crippen molar-refractivity contribution in [2.24, 2.45) is 5.92 Å². The van der Waals surface area contributed by atoms with Gasteiger partial charge in [0.25, 0.3) is 5.91 Å². The third-order valence-corrected chi connectivity index (χ3v) is 2.92. The second kappa shape index (κ2) is 5.07. The van der Waals surface area contributed by atoms with E-state index in [0.717, 1.165) is 0 Å². The predicted molar refractivity (Wildman–Crippen MR) is 56.9 cm³/mol. The molecule has 94 valence electrons. The monoisotopic (exact) mass is 241 g/mol. The molecule has 0 aromatic heterocycles. The fraction of sp³-hybridized carbons (Fsp3) is 0.636. The van der Waals surface area contributed by atoms with Gasteiger partial charge in [0, 0.05) is 13.1 Å². The summed E-state index contributed by atoms with van der Waals surface area (Å²) in [5.74, 6) is -1.44. The lowest BCUT2D eigenvalue weighted by Gasteiger charge is -2.31. The standard InChI is InChI=1S/C11H15NO5/c13-10(9-7-16-4-5-17-9)12-3-1-2-8(6-12)11(14)15/h7-8H,1-6H2,(H,14,15)/t8-/m0/s1. The van der Waals surface area contributed by atoms with Gasteiger partial charge in [-0.15, -0.1) is 0 Å². The van der Waals surface area contributed by atoms with Crippen molar-refractivity contribution in [1.82, 2.24) is 4.90 Å². The second-order valence-electron chi connectivity index (χ2n) is 4.13. The molecule has 0 bridgehead atoms. The van der Waals surface area contributed by atoms with Gasteiger partial charge >= 0.3 is 5.97 Å². The summed E-state index contributed by atoms with van der Waals surface area (Å²) >= 11 is 0. The maximum Gasteiger partial charge on any atom is 0.308 e. The van der Waals surface area contributed by atoms with Gasteiger partial charge in [-0.2, -0.15) is 0 Å². The lowest BCUT2D eigenvalue weighted by molar-refractivity contribution is -0.145. The highest BCUT2D eigenvalue weighted by Crippen LogP contribution is 2.19. The minimum absolute atomic E-state index is 0.169. The van der Waals surface area contributed by atoms with Crippen LogP contribution in [-0.2, 0) is 19.1 Å². The number of carboxylic acids is 1. The highest BCUT2D eigenvalue weighted by molar-refractivity contribution is 5.91. The highest BCUT2D eigenvalue weighted by atomic mass is 16.6. The van der Waals surface area contributed by atoms with E-state index >= 15 is 0 Å². The van der Waals surface area contributed by atoms with Crippen LogP contribution < -0.4 is 0 Å². The number of rotatable bonds is 2. The average molecular weight is 241 g/mol. The van der Waals surface area contributed by atoms with E-state index in [1.54, 1.807) is 0 Å². The minimum Gasteiger partial charge on any atom is -0.494 e. The first-order chi connectivity index (χ1) is 8.18. The molecule has 0 aromatic rings. The highest BCUT2D eigenvalue weighted by Gasteiger charge is 2.30. The molecule has 2 heterocycles. The Kier molecular flexibility index (Phi) is 3.51. The van der Waals surface area contributed by atoms with E-state index < -0.39 is 11.9 Å². The van der Waals surface area contributed by atoms with Crippen LogP contribution in [0.25, 0.3) is 0 Å². The number of likely N-dealkylation sites (tertiary alicyclic amines) is 1. The molecule has 6 heteroatoms. The summed E-state index contributed by atoms with van der Waals surface area (Å²) in [6.45, 7) is 1.61. The lowest BCUT2D eigenvalue weighted by Crippen LogP contribution is -2.43. The molecule has 2 aliphatic rings. The number of carbonyl (C=O) groups is 2. The maximum atomic E-state index is 12.0. The van der Waals surface area contributed by atoms with Crippen LogP contribution >= 0.6 is 0 Å². The van der Waals surface area contributed by atoms with Crippen LogP contribution in [-0.4, -0.2) is 48.2 Å². The molecule has 0 spiro atoms. The van der Waals surface area contributed by atoms with Gasteiger partial charge in [0.05, 0.1) is 5.92 Å². The largest absolute Gasteiger partial charge is 0.494 e. The molecule has 6 nitrogen and oxygen atoms in total. The number of hydrogen-bond acceptors (Lipinski definition) is 4. The van der Waals surface area contributed by atoms with Crippen LogP contribution in [0.1, 0.15) is 12.8 Å². The van der Waals surface area contributed by atoms with Gasteiger partial charge in [0.1, 0.15) is 19.5 Å². The van der Waals surface area contributed by atoms with E-state index in [2.05, 4.69) is 0 Å². The van der Waals surface area contributed by atoms with E-state index in [0.29, 0.717) is 32.6 Å². The van der Waals surface area contributed by atoms with Gasteiger partial charge in [-0.1, -0.05) is 0 Å². The second-order valence-corrected chi connectivity index (χ2v) is 4.13. The number of nitrogens with zero attached hydrogens (tertiary/aromatic N) is 1. The van der Waals surface area contributed by atoms with E-state index in [-0.39, 0.29) is 18.2 Å². The molecular weight excluding hydrogens is 226 g/mol. The Labute approximate surface area is 98.8 Å². The van der Waals surface area contributed by atoms with Gasteiger partial charge < -0.3 is 19.5 Å². The van der Waals surface area contributed by atoms with Gasteiger partial charge in [0.2, 0.25) is 5.76 Å². The zero-order valence-corrected chi connectivity index (χ0v) is 9.42. The Balaban J connectivity index is 1.99. The third kappa shape index (κ3) is 2.69. The molecule has 1 saturated heterocycles. The van der Waals surface area contributed by atoms with Crippen molar-refractivity contribution < 1.29 is 24.2 Å². The Morgan fingerprint density at radius 2 is 2.24 bits per heavy atom. The number of hydrogen-bond donors (Lipinski definition) is 1. The van der Waals surface area contributed by atoms with Crippen molar-refractivity contribution in [2.45, 2.75) is 12.8 Å². The first kappa shape index (κ1) is 11.8. The molecule has 1 N–H and O–H groups in total. The number of carboxylic acid groups (broad SMARTS) is 1. The first-order valence-electron chi connectivity index (χ1n) is 5.65. The molecule has 0 unspecified atom stereocenters. The molecule has 0 radical (unpaired) electrons.